The minimum absolute atomic E-state index is 0.144. The number of hydrogen-bond donors (Lipinski definition) is 1. The predicted molar refractivity (Wildman–Crippen MR) is 129 cm³/mol. The summed E-state index contributed by atoms with van der Waals surface area (Å²) in [6.07, 6.45) is 9.12. The standard InChI is InChI=1S/C28H40N2O/c1-29(2)22-26-23-30(21-20-28(26,31)19-16-24-12-6-3-7-13-24)27(17-10-5-11-18-27)25-14-8-4-9-15-25/h3-4,6-9,12-15,26,31H,5,10-11,16-23H2,1-2H3. The highest BCUT2D eigenvalue weighted by atomic mass is 16.3. The topological polar surface area (TPSA) is 26.7 Å². The van der Waals surface area contributed by atoms with Gasteiger partial charge in [-0.3, -0.25) is 4.90 Å². The fraction of sp³-hybridized carbons (Fsp3) is 0.571. The molecular formula is C28H40N2O. The van der Waals surface area contributed by atoms with Gasteiger partial charge in [0, 0.05) is 31.1 Å². The van der Waals surface area contributed by atoms with E-state index in [4.69, 9.17) is 0 Å². The van der Waals surface area contributed by atoms with E-state index in [1.54, 1.807) is 0 Å². The molecule has 2 fully saturated rings. The van der Waals surface area contributed by atoms with Crippen molar-refractivity contribution in [1.82, 2.24) is 9.80 Å². The lowest BCUT2D eigenvalue weighted by Crippen LogP contribution is -2.60. The second-order valence-corrected chi connectivity index (χ2v) is 10.2. The van der Waals surface area contributed by atoms with E-state index in [1.165, 1.54) is 43.2 Å². The zero-order valence-electron chi connectivity index (χ0n) is 19.5. The normalized spacial score (nSPS) is 26.8. The third-order valence-corrected chi connectivity index (χ3v) is 7.89. The molecule has 31 heavy (non-hydrogen) atoms. The molecule has 2 atom stereocenters. The van der Waals surface area contributed by atoms with Crippen LogP contribution in [0.4, 0.5) is 0 Å². The summed E-state index contributed by atoms with van der Waals surface area (Å²) in [5, 5.41) is 11.9. The first-order chi connectivity index (χ1) is 15.0. The first kappa shape index (κ1) is 22.5. The molecule has 1 aliphatic carbocycles. The Bertz CT molecular complexity index is 800. The molecule has 1 saturated heterocycles. The summed E-state index contributed by atoms with van der Waals surface area (Å²) < 4.78 is 0. The molecule has 4 rings (SSSR count). The Morgan fingerprint density at radius 2 is 1.55 bits per heavy atom. The van der Waals surface area contributed by atoms with Crippen LogP contribution in [0.3, 0.4) is 0 Å². The van der Waals surface area contributed by atoms with Crippen molar-refractivity contribution in [2.45, 2.75) is 62.5 Å². The lowest BCUT2D eigenvalue weighted by Gasteiger charge is -2.54. The fourth-order valence-electron chi connectivity index (χ4n) is 6.12. The van der Waals surface area contributed by atoms with Crippen LogP contribution >= 0.6 is 0 Å². The SMILES string of the molecule is CN(C)CC1CN(C2(c3ccccc3)CCCCC2)CCC1(O)CCc1ccccc1. The van der Waals surface area contributed by atoms with Crippen molar-refractivity contribution >= 4 is 0 Å². The molecule has 1 heterocycles. The third-order valence-electron chi connectivity index (χ3n) is 7.89. The lowest BCUT2D eigenvalue weighted by molar-refractivity contribution is -0.113. The van der Waals surface area contributed by atoms with Crippen LogP contribution in [0.5, 0.6) is 0 Å². The summed E-state index contributed by atoms with van der Waals surface area (Å²) in [6.45, 7) is 2.91. The van der Waals surface area contributed by atoms with Crippen LogP contribution in [0, 0.1) is 5.92 Å². The molecule has 1 N–H and O–H groups in total. The molecular weight excluding hydrogens is 380 g/mol. The predicted octanol–water partition coefficient (Wildman–Crippen LogP) is 5.09. The number of piperidine rings is 1. The molecule has 0 bridgehead atoms. The average Bonchev–Trinajstić information content (AvgIpc) is 2.81. The van der Waals surface area contributed by atoms with Gasteiger partial charge in [-0.25, -0.2) is 0 Å². The number of aryl methyl sites for hydroxylation is 1. The summed E-state index contributed by atoms with van der Waals surface area (Å²) in [6, 6.07) is 21.8. The first-order valence-corrected chi connectivity index (χ1v) is 12.2. The second-order valence-electron chi connectivity index (χ2n) is 10.2. The Hall–Kier alpha value is -1.68. The Labute approximate surface area is 189 Å². The summed E-state index contributed by atoms with van der Waals surface area (Å²) in [7, 11) is 4.29. The molecule has 1 aliphatic heterocycles. The van der Waals surface area contributed by atoms with Gasteiger partial charge in [0.25, 0.3) is 0 Å². The molecule has 2 aliphatic rings. The van der Waals surface area contributed by atoms with Crippen LogP contribution in [-0.4, -0.2) is 54.2 Å². The molecule has 2 aromatic carbocycles. The van der Waals surface area contributed by atoms with Crippen molar-refractivity contribution in [2.75, 3.05) is 33.7 Å². The van der Waals surface area contributed by atoms with Crippen LogP contribution in [0.15, 0.2) is 60.7 Å². The molecule has 0 aromatic heterocycles. The summed E-state index contributed by atoms with van der Waals surface area (Å²) in [5.41, 5.74) is 2.36. The minimum atomic E-state index is -0.594. The average molecular weight is 421 g/mol. The van der Waals surface area contributed by atoms with Gasteiger partial charge in [-0.2, -0.15) is 0 Å². The molecule has 2 aromatic rings. The molecule has 1 saturated carbocycles. The molecule has 0 radical (unpaired) electrons. The maximum atomic E-state index is 11.9. The molecule has 3 nitrogen and oxygen atoms in total. The maximum absolute atomic E-state index is 11.9. The number of aliphatic hydroxyl groups is 1. The van der Waals surface area contributed by atoms with E-state index in [1.807, 2.05) is 0 Å². The van der Waals surface area contributed by atoms with Crippen molar-refractivity contribution in [1.29, 1.82) is 0 Å². The van der Waals surface area contributed by atoms with E-state index >= 15 is 0 Å². The maximum Gasteiger partial charge on any atom is 0.0715 e. The molecule has 168 valence electrons. The monoisotopic (exact) mass is 420 g/mol. The Balaban J connectivity index is 1.56. The van der Waals surface area contributed by atoms with Gasteiger partial charge < -0.3 is 10.0 Å². The molecule has 0 spiro atoms. The quantitative estimate of drug-likeness (QED) is 0.676. The summed E-state index contributed by atoms with van der Waals surface area (Å²) in [4.78, 5) is 5.02. The van der Waals surface area contributed by atoms with Gasteiger partial charge in [-0.15, -0.1) is 0 Å². The van der Waals surface area contributed by atoms with Crippen LogP contribution in [0.25, 0.3) is 0 Å². The zero-order chi connectivity index (χ0) is 21.7. The highest BCUT2D eigenvalue weighted by Gasteiger charge is 2.48. The van der Waals surface area contributed by atoms with E-state index in [0.29, 0.717) is 0 Å². The number of benzene rings is 2. The van der Waals surface area contributed by atoms with Crippen molar-refractivity contribution in [2.24, 2.45) is 5.92 Å². The third kappa shape index (κ3) is 5.05. The number of hydrogen-bond acceptors (Lipinski definition) is 3. The largest absolute Gasteiger partial charge is 0.389 e. The lowest BCUT2D eigenvalue weighted by atomic mass is 9.70. The van der Waals surface area contributed by atoms with E-state index in [2.05, 4.69) is 84.6 Å². The minimum Gasteiger partial charge on any atom is -0.389 e. The van der Waals surface area contributed by atoms with E-state index in [9.17, 15) is 5.11 Å². The van der Waals surface area contributed by atoms with E-state index in [0.717, 1.165) is 38.9 Å². The van der Waals surface area contributed by atoms with Gasteiger partial charge >= 0.3 is 0 Å². The van der Waals surface area contributed by atoms with Gasteiger partial charge in [0.1, 0.15) is 0 Å². The van der Waals surface area contributed by atoms with Crippen molar-refractivity contribution in [3.05, 3.63) is 71.8 Å². The second kappa shape index (κ2) is 9.85. The summed E-state index contributed by atoms with van der Waals surface area (Å²) in [5.74, 6) is 0.266. The number of rotatable bonds is 7. The van der Waals surface area contributed by atoms with Crippen molar-refractivity contribution in [3.8, 4) is 0 Å². The Kier molecular flexibility index (Phi) is 7.15. The highest BCUT2D eigenvalue weighted by molar-refractivity contribution is 5.26. The zero-order valence-corrected chi connectivity index (χ0v) is 19.5. The fourth-order valence-corrected chi connectivity index (χ4v) is 6.12. The van der Waals surface area contributed by atoms with Crippen LogP contribution in [0.2, 0.25) is 0 Å². The first-order valence-electron chi connectivity index (χ1n) is 12.2. The number of likely N-dealkylation sites (tertiary alicyclic amines) is 1. The molecule has 2 unspecified atom stereocenters. The van der Waals surface area contributed by atoms with E-state index < -0.39 is 5.60 Å². The van der Waals surface area contributed by atoms with Gasteiger partial charge in [-0.1, -0.05) is 79.9 Å². The summed E-state index contributed by atoms with van der Waals surface area (Å²) >= 11 is 0. The Morgan fingerprint density at radius 3 is 2.19 bits per heavy atom. The van der Waals surface area contributed by atoms with E-state index in [-0.39, 0.29) is 11.5 Å². The van der Waals surface area contributed by atoms with Crippen LogP contribution < -0.4 is 0 Å². The molecule has 0 amide bonds. The van der Waals surface area contributed by atoms with Gasteiger partial charge in [-0.05, 0) is 57.3 Å². The van der Waals surface area contributed by atoms with Gasteiger partial charge in [0.05, 0.1) is 5.60 Å². The molecule has 3 heteroatoms. The van der Waals surface area contributed by atoms with Gasteiger partial charge in [0.15, 0.2) is 0 Å². The highest BCUT2D eigenvalue weighted by Crippen LogP contribution is 2.46. The van der Waals surface area contributed by atoms with Crippen molar-refractivity contribution in [3.63, 3.8) is 0 Å². The van der Waals surface area contributed by atoms with Crippen molar-refractivity contribution < 1.29 is 5.11 Å². The smallest absolute Gasteiger partial charge is 0.0715 e. The van der Waals surface area contributed by atoms with Gasteiger partial charge in [0.2, 0.25) is 0 Å². The Morgan fingerprint density at radius 1 is 0.903 bits per heavy atom. The van der Waals surface area contributed by atoms with Crippen LogP contribution in [-0.2, 0) is 12.0 Å². The number of nitrogens with zero attached hydrogens (tertiary/aromatic N) is 2. The van der Waals surface area contributed by atoms with Crippen LogP contribution in [0.1, 0.15) is 56.1 Å².